The molecule has 0 spiro atoms. The van der Waals surface area contributed by atoms with Gasteiger partial charge in [-0.15, -0.1) is 0 Å². The molecule has 0 saturated heterocycles. The molecule has 2 aromatic rings. The summed E-state index contributed by atoms with van der Waals surface area (Å²) in [6.07, 6.45) is 2.57. The van der Waals surface area contributed by atoms with Crippen LogP contribution in [0.25, 0.3) is 11.0 Å². The second-order valence-corrected chi connectivity index (χ2v) is 2.85. The minimum atomic E-state index is 0.596. The Kier molecular flexibility index (Phi) is 1.51. The van der Waals surface area contributed by atoms with Crippen molar-refractivity contribution < 1.29 is 0 Å². The zero-order chi connectivity index (χ0) is 7.84. The number of hydrogen-bond donors (Lipinski definition) is 0. The summed E-state index contributed by atoms with van der Waals surface area (Å²) in [5, 5.41) is 0.596. The van der Waals surface area contributed by atoms with Crippen LogP contribution in [-0.2, 0) is 0 Å². The number of para-hydroxylation sites is 1. The summed E-state index contributed by atoms with van der Waals surface area (Å²) in [5.74, 6) is 0. The number of rotatable bonds is 0. The van der Waals surface area contributed by atoms with E-state index in [1.165, 1.54) is 4.09 Å². The lowest BCUT2D eigenvalue weighted by Crippen LogP contribution is -1.75. The van der Waals surface area contributed by atoms with Crippen molar-refractivity contribution in [3.63, 3.8) is 0 Å². The molecule has 0 aliphatic rings. The van der Waals surface area contributed by atoms with Crippen LogP contribution in [0.5, 0.6) is 0 Å². The van der Waals surface area contributed by atoms with Gasteiger partial charge in [0.05, 0.1) is 10.5 Å². The Labute approximate surface area is 73.5 Å². The van der Waals surface area contributed by atoms with Gasteiger partial charge in [-0.2, -0.15) is 0 Å². The minimum Gasteiger partial charge on any atom is -0.231 e. The SMILES string of the molecule is Clc1cccc2c1n[c]n2Cl. The van der Waals surface area contributed by atoms with Gasteiger partial charge in [0.2, 0.25) is 0 Å². The average molecular weight is 186 g/mol. The first kappa shape index (κ1) is 6.95. The molecule has 4 heteroatoms. The number of benzene rings is 1. The van der Waals surface area contributed by atoms with Gasteiger partial charge < -0.3 is 0 Å². The molecule has 1 aromatic heterocycles. The number of hydrogen-bond acceptors (Lipinski definition) is 1. The third-order valence-electron chi connectivity index (χ3n) is 1.43. The van der Waals surface area contributed by atoms with E-state index in [0.717, 1.165) is 5.52 Å². The fourth-order valence-corrected chi connectivity index (χ4v) is 1.31. The highest BCUT2D eigenvalue weighted by Gasteiger charge is 2.03. The van der Waals surface area contributed by atoms with Gasteiger partial charge in [0.25, 0.3) is 0 Å². The van der Waals surface area contributed by atoms with E-state index in [1.54, 1.807) is 6.07 Å². The van der Waals surface area contributed by atoms with E-state index in [0.29, 0.717) is 10.5 Å². The molecule has 1 heterocycles. The van der Waals surface area contributed by atoms with Gasteiger partial charge in [-0.3, -0.25) is 0 Å². The average Bonchev–Trinajstić information content (AvgIpc) is 2.35. The molecule has 0 atom stereocenters. The van der Waals surface area contributed by atoms with E-state index in [1.807, 2.05) is 12.1 Å². The predicted octanol–water partition coefficient (Wildman–Crippen LogP) is 2.49. The highest BCUT2D eigenvalue weighted by molar-refractivity contribution is 6.35. The molecule has 1 aromatic carbocycles. The third-order valence-corrected chi connectivity index (χ3v) is 1.99. The molecule has 11 heavy (non-hydrogen) atoms. The van der Waals surface area contributed by atoms with Crippen molar-refractivity contribution in [2.45, 2.75) is 0 Å². The van der Waals surface area contributed by atoms with Gasteiger partial charge >= 0.3 is 0 Å². The van der Waals surface area contributed by atoms with Crippen LogP contribution in [0.15, 0.2) is 18.2 Å². The Bertz CT molecular complexity index is 394. The summed E-state index contributed by atoms with van der Waals surface area (Å²) in [4.78, 5) is 3.89. The Hall–Kier alpha value is -0.730. The van der Waals surface area contributed by atoms with Crippen LogP contribution in [0.4, 0.5) is 0 Å². The van der Waals surface area contributed by atoms with Crippen LogP contribution >= 0.6 is 23.4 Å². The standard InChI is InChI=1S/C7H3Cl2N2/c8-5-2-1-3-6-7(5)10-4-11(6)9/h1-3H. The van der Waals surface area contributed by atoms with Gasteiger partial charge in [0.1, 0.15) is 5.52 Å². The number of aromatic nitrogens is 2. The molecule has 1 radical (unpaired) electrons. The Morgan fingerprint density at radius 2 is 2.27 bits per heavy atom. The summed E-state index contributed by atoms with van der Waals surface area (Å²) in [6, 6.07) is 5.42. The first-order chi connectivity index (χ1) is 5.29. The summed E-state index contributed by atoms with van der Waals surface area (Å²) in [6.45, 7) is 0. The summed E-state index contributed by atoms with van der Waals surface area (Å²) in [5.41, 5.74) is 1.46. The van der Waals surface area contributed by atoms with Crippen LogP contribution in [-0.4, -0.2) is 9.07 Å². The van der Waals surface area contributed by atoms with Crippen molar-refractivity contribution in [1.29, 1.82) is 0 Å². The van der Waals surface area contributed by atoms with Gasteiger partial charge in [0, 0.05) is 11.8 Å². The van der Waals surface area contributed by atoms with E-state index in [9.17, 15) is 0 Å². The Balaban J connectivity index is 2.94. The zero-order valence-corrected chi connectivity index (χ0v) is 6.89. The quantitative estimate of drug-likeness (QED) is 0.617. The van der Waals surface area contributed by atoms with Gasteiger partial charge in [-0.05, 0) is 12.1 Å². The van der Waals surface area contributed by atoms with E-state index >= 15 is 0 Å². The number of nitrogens with zero attached hydrogens (tertiary/aromatic N) is 2. The topological polar surface area (TPSA) is 17.8 Å². The van der Waals surface area contributed by atoms with Crippen LogP contribution in [0, 0.1) is 6.33 Å². The van der Waals surface area contributed by atoms with Gasteiger partial charge in [-0.1, -0.05) is 17.7 Å². The maximum atomic E-state index is 5.82. The maximum Gasteiger partial charge on any atom is 0.193 e. The minimum absolute atomic E-state index is 0.596. The van der Waals surface area contributed by atoms with Crippen molar-refractivity contribution in [2.24, 2.45) is 0 Å². The second kappa shape index (κ2) is 2.40. The molecule has 0 fully saturated rings. The Morgan fingerprint density at radius 3 is 3.00 bits per heavy atom. The molecule has 0 amide bonds. The molecule has 0 saturated carbocycles. The highest BCUT2D eigenvalue weighted by Crippen LogP contribution is 2.21. The van der Waals surface area contributed by atoms with Crippen molar-refractivity contribution >= 4 is 34.4 Å². The fraction of sp³-hybridized carbons (Fsp3) is 0. The van der Waals surface area contributed by atoms with Crippen molar-refractivity contribution in [3.05, 3.63) is 29.5 Å². The smallest absolute Gasteiger partial charge is 0.193 e. The summed E-state index contributed by atoms with van der Waals surface area (Å²) in [7, 11) is 0. The highest BCUT2D eigenvalue weighted by atomic mass is 35.5. The third kappa shape index (κ3) is 0.988. The van der Waals surface area contributed by atoms with Crippen molar-refractivity contribution in [3.8, 4) is 0 Å². The molecule has 0 aliphatic heterocycles. The lowest BCUT2D eigenvalue weighted by molar-refractivity contribution is 1.23. The summed E-state index contributed by atoms with van der Waals surface area (Å²) >= 11 is 11.5. The van der Waals surface area contributed by atoms with E-state index < -0.39 is 0 Å². The van der Waals surface area contributed by atoms with Crippen LogP contribution in [0.1, 0.15) is 0 Å². The number of imidazole rings is 1. The molecule has 0 N–H and O–H groups in total. The van der Waals surface area contributed by atoms with Crippen LogP contribution < -0.4 is 0 Å². The zero-order valence-electron chi connectivity index (χ0n) is 5.38. The van der Waals surface area contributed by atoms with E-state index in [4.69, 9.17) is 23.4 Å². The van der Waals surface area contributed by atoms with Crippen molar-refractivity contribution in [1.82, 2.24) is 9.07 Å². The van der Waals surface area contributed by atoms with Crippen LogP contribution in [0.3, 0.4) is 0 Å². The molecule has 0 unspecified atom stereocenters. The molecule has 0 aliphatic carbocycles. The molecule has 0 bridgehead atoms. The number of halogens is 2. The van der Waals surface area contributed by atoms with Crippen LogP contribution in [0.2, 0.25) is 5.02 Å². The summed E-state index contributed by atoms with van der Waals surface area (Å²) < 4.78 is 1.29. The Morgan fingerprint density at radius 1 is 1.45 bits per heavy atom. The molecule has 2 rings (SSSR count). The van der Waals surface area contributed by atoms with Gasteiger partial charge in [-0.25, -0.2) is 9.07 Å². The largest absolute Gasteiger partial charge is 0.231 e. The normalized spacial score (nSPS) is 10.7. The molecule has 55 valence electrons. The predicted molar refractivity (Wildman–Crippen MR) is 44.8 cm³/mol. The van der Waals surface area contributed by atoms with Gasteiger partial charge in [0.15, 0.2) is 6.33 Å². The molecule has 2 nitrogen and oxygen atoms in total. The van der Waals surface area contributed by atoms with Crippen molar-refractivity contribution in [2.75, 3.05) is 0 Å². The maximum absolute atomic E-state index is 5.82. The molecular weight excluding hydrogens is 183 g/mol. The lowest BCUT2D eigenvalue weighted by Gasteiger charge is -1.91. The molecular formula is C7H3Cl2N2. The first-order valence-corrected chi connectivity index (χ1v) is 3.71. The van der Waals surface area contributed by atoms with E-state index in [2.05, 4.69) is 11.3 Å². The van der Waals surface area contributed by atoms with E-state index in [-0.39, 0.29) is 0 Å². The number of fused-ring (bicyclic) bond motifs is 1. The first-order valence-electron chi connectivity index (χ1n) is 3.00. The lowest BCUT2D eigenvalue weighted by atomic mass is 10.3. The second-order valence-electron chi connectivity index (χ2n) is 2.10. The fourth-order valence-electron chi connectivity index (χ4n) is 0.921. The monoisotopic (exact) mass is 185 g/mol.